The first kappa shape index (κ1) is 18.8. The van der Waals surface area contributed by atoms with Gasteiger partial charge in [-0.15, -0.1) is 0 Å². The molecule has 0 saturated carbocycles. The lowest BCUT2D eigenvalue weighted by atomic mass is 10.1. The van der Waals surface area contributed by atoms with Gasteiger partial charge in [-0.3, -0.25) is 9.59 Å². The molecule has 4 amide bonds. The molecule has 25 heavy (non-hydrogen) atoms. The molecule has 1 heterocycles. The van der Waals surface area contributed by atoms with Crippen LogP contribution in [-0.4, -0.2) is 48.4 Å². The molecular formula is C18H26N4O3. The Hall–Kier alpha value is -2.57. The number of nitrogens with one attached hydrogen (secondary N) is 3. The van der Waals surface area contributed by atoms with Crippen LogP contribution in [0.25, 0.3) is 0 Å². The average Bonchev–Trinajstić information content (AvgIpc) is 2.62. The summed E-state index contributed by atoms with van der Waals surface area (Å²) in [6.07, 6.45) is 2.17. The first-order valence-corrected chi connectivity index (χ1v) is 8.77. The van der Waals surface area contributed by atoms with Crippen molar-refractivity contribution in [2.45, 2.75) is 39.2 Å². The first-order valence-electron chi connectivity index (χ1n) is 8.77. The zero-order valence-electron chi connectivity index (χ0n) is 14.8. The molecule has 1 fully saturated rings. The SMILES string of the molecule is CCNC(=O)c1cccc(NC(=O)N2CCC[C@@H](NC(=O)CC)C2)c1. The van der Waals surface area contributed by atoms with Crippen molar-refractivity contribution in [1.29, 1.82) is 0 Å². The second kappa shape index (κ2) is 9.05. The molecule has 1 aromatic carbocycles. The van der Waals surface area contributed by atoms with E-state index in [1.54, 1.807) is 29.2 Å². The molecule has 2 rings (SSSR count). The highest BCUT2D eigenvalue weighted by atomic mass is 16.2. The van der Waals surface area contributed by atoms with Crippen LogP contribution < -0.4 is 16.0 Å². The summed E-state index contributed by atoms with van der Waals surface area (Å²) in [5.74, 6) is -0.166. The Labute approximate surface area is 148 Å². The van der Waals surface area contributed by atoms with E-state index in [0.717, 1.165) is 12.8 Å². The van der Waals surface area contributed by atoms with Gasteiger partial charge in [-0.05, 0) is 38.0 Å². The van der Waals surface area contributed by atoms with Crippen LogP contribution in [0.5, 0.6) is 0 Å². The fourth-order valence-corrected chi connectivity index (χ4v) is 2.81. The lowest BCUT2D eigenvalue weighted by Gasteiger charge is -2.33. The third-order valence-corrected chi connectivity index (χ3v) is 4.11. The molecule has 0 spiro atoms. The van der Waals surface area contributed by atoms with Crippen molar-refractivity contribution < 1.29 is 14.4 Å². The lowest BCUT2D eigenvalue weighted by Crippen LogP contribution is -2.50. The van der Waals surface area contributed by atoms with Gasteiger partial charge in [-0.25, -0.2) is 4.79 Å². The minimum Gasteiger partial charge on any atom is -0.352 e. The number of nitrogens with zero attached hydrogens (tertiary/aromatic N) is 1. The van der Waals surface area contributed by atoms with Crippen molar-refractivity contribution in [3.63, 3.8) is 0 Å². The molecule has 1 aliphatic heterocycles. The van der Waals surface area contributed by atoms with Crippen LogP contribution in [0, 0.1) is 0 Å². The van der Waals surface area contributed by atoms with E-state index in [1.807, 2.05) is 13.8 Å². The summed E-state index contributed by atoms with van der Waals surface area (Å²) in [7, 11) is 0. The molecule has 0 aromatic heterocycles. The predicted molar refractivity (Wildman–Crippen MR) is 96.5 cm³/mol. The van der Waals surface area contributed by atoms with Crippen LogP contribution in [0.3, 0.4) is 0 Å². The Morgan fingerprint density at radius 1 is 1.24 bits per heavy atom. The molecule has 7 heteroatoms. The molecule has 1 atom stereocenters. The Morgan fingerprint density at radius 2 is 2.04 bits per heavy atom. The lowest BCUT2D eigenvalue weighted by molar-refractivity contribution is -0.121. The van der Waals surface area contributed by atoms with E-state index in [4.69, 9.17) is 0 Å². The first-order chi connectivity index (χ1) is 12.0. The maximum Gasteiger partial charge on any atom is 0.321 e. The Kier molecular flexibility index (Phi) is 6.80. The molecule has 1 aromatic rings. The van der Waals surface area contributed by atoms with Crippen molar-refractivity contribution in [3.05, 3.63) is 29.8 Å². The summed E-state index contributed by atoms with van der Waals surface area (Å²) in [5.41, 5.74) is 1.08. The Morgan fingerprint density at radius 3 is 2.76 bits per heavy atom. The Balaban J connectivity index is 1.96. The van der Waals surface area contributed by atoms with Crippen LogP contribution in [0.15, 0.2) is 24.3 Å². The van der Waals surface area contributed by atoms with E-state index in [0.29, 0.717) is 37.3 Å². The van der Waals surface area contributed by atoms with Gasteiger partial charge in [0.15, 0.2) is 0 Å². The van der Waals surface area contributed by atoms with Gasteiger partial charge in [-0.1, -0.05) is 13.0 Å². The van der Waals surface area contributed by atoms with E-state index >= 15 is 0 Å². The van der Waals surface area contributed by atoms with Crippen molar-refractivity contribution in [3.8, 4) is 0 Å². The highest BCUT2D eigenvalue weighted by molar-refractivity contribution is 5.96. The van der Waals surface area contributed by atoms with E-state index < -0.39 is 0 Å². The Bertz CT molecular complexity index is 633. The van der Waals surface area contributed by atoms with Gasteiger partial charge in [0.1, 0.15) is 0 Å². The van der Waals surface area contributed by atoms with Crippen molar-refractivity contribution in [2.24, 2.45) is 0 Å². The number of carbonyl (C=O) groups excluding carboxylic acids is 3. The number of benzene rings is 1. The van der Waals surface area contributed by atoms with E-state index in [2.05, 4.69) is 16.0 Å². The molecule has 1 saturated heterocycles. The summed E-state index contributed by atoms with van der Waals surface area (Å²) in [6.45, 7) is 5.36. The number of rotatable bonds is 5. The van der Waals surface area contributed by atoms with Crippen LogP contribution in [-0.2, 0) is 4.79 Å². The maximum absolute atomic E-state index is 12.5. The number of hydrogen-bond donors (Lipinski definition) is 3. The number of urea groups is 1. The predicted octanol–water partition coefficient (Wildman–Crippen LogP) is 1.96. The van der Waals surface area contributed by atoms with Crippen molar-refractivity contribution >= 4 is 23.5 Å². The monoisotopic (exact) mass is 346 g/mol. The maximum atomic E-state index is 12.5. The molecule has 136 valence electrons. The smallest absolute Gasteiger partial charge is 0.321 e. The highest BCUT2D eigenvalue weighted by Gasteiger charge is 2.24. The standard InChI is InChI=1S/C18H26N4O3/c1-3-16(23)20-15-9-6-10-22(12-15)18(25)21-14-8-5-7-13(11-14)17(24)19-4-2/h5,7-8,11,15H,3-4,6,9-10,12H2,1-2H3,(H,19,24)(H,20,23)(H,21,25)/t15-/m1/s1. The van der Waals surface area contributed by atoms with E-state index in [1.165, 1.54) is 0 Å². The second-order valence-corrected chi connectivity index (χ2v) is 6.08. The second-order valence-electron chi connectivity index (χ2n) is 6.08. The van der Waals surface area contributed by atoms with Gasteiger partial charge in [0.05, 0.1) is 0 Å². The third kappa shape index (κ3) is 5.48. The van der Waals surface area contributed by atoms with Crippen molar-refractivity contribution in [2.75, 3.05) is 25.0 Å². The van der Waals surface area contributed by atoms with Crippen LogP contribution >= 0.6 is 0 Å². The van der Waals surface area contributed by atoms with E-state index in [-0.39, 0.29) is 23.9 Å². The van der Waals surface area contributed by atoms with Gasteiger partial charge in [-0.2, -0.15) is 0 Å². The third-order valence-electron chi connectivity index (χ3n) is 4.11. The number of amides is 4. The molecule has 0 aliphatic carbocycles. The molecule has 1 aliphatic rings. The van der Waals surface area contributed by atoms with Gasteiger partial charge in [0.25, 0.3) is 5.91 Å². The van der Waals surface area contributed by atoms with Crippen LogP contribution in [0.1, 0.15) is 43.5 Å². The molecule has 0 unspecified atom stereocenters. The topological polar surface area (TPSA) is 90.5 Å². The summed E-state index contributed by atoms with van der Waals surface area (Å²) >= 11 is 0. The molecular weight excluding hydrogens is 320 g/mol. The molecule has 7 nitrogen and oxygen atoms in total. The number of hydrogen-bond acceptors (Lipinski definition) is 3. The van der Waals surface area contributed by atoms with Gasteiger partial charge in [0, 0.05) is 43.3 Å². The zero-order chi connectivity index (χ0) is 18.2. The van der Waals surface area contributed by atoms with Crippen LogP contribution in [0.2, 0.25) is 0 Å². The quantitative estimate of drug-likeness (QED) is 0.761. The minimum atomic E-state index is -0.219. The number of anilines is 1. The fraction of sp³-hybridized carbons (Fsp3) is 0.500. The molecule has 0 bridgehead atoms. The zero-order valence-corrected chi connectivity index (χ0v) is 14.8. The summed E-state index contributed by atoms with van der Waals surface area (Å²) in [5, 5.41) is 8.51. The number of piperidine rings is 1. The van der Waals surface area contributed by atoms with Gasteiger partial charge >= 0.3 is 6.03 Å². The number of likely N-dealkylation sites (tertiary alicyclic amines) is 1. The summed E-state index contributed by atoms with van der Waals surface area (Å²) in [6, 6.07) is 6.62. The molecule has 0 radical (unpaired) electrons. The van der Waals surface area contributed by atoms with E-state index in [9.17, 15) is 14.4 Å². The van der Waals surface area contributed by atoms with Crippen LogP contribution in [0.4, 0.5) is 10.5 Å². The minimum absolute atomic E-state index is 0.00176. The van der Waals surface area contributed by atoms with Crippen molar-refractivity contribution in [1.82, 2.24) is 15.5 Å². The summed E-state index contributed by atoms with van der Waals surface area (Å²) < 4.78 is 0. The fourth-order valence-electron chi connectivity index (χ4n) is 2.81. The van der Waals surface area contributed by atoms with Gasteiger partial charge < -0.3 is 20.9 Å². The number of carbonyl (C=O) groups is 3. The highest BCUT2D eigenvalue weighted by Crippen LogP contribution is 2.15. The largest absolute Gasteiger partial charge is 0.352 e. The molecule has 3 N–H and O–H groups in total. The van der Waals surface area contributed by atoms with Gasteiger partial charge in [0.2, 0.25) is 5.91 Å². The summed E-state index contributed by atoms with van der Waals surface area (Å²) in [4.78, 5) is 37.6. The average molecular weight is 346 g/mol. The normalized spacial score (nSPS) is 16.9.